The highest BCUT2D eigenvalue weighted by atomic mass is 16.6. The van der Waals surface area contributed by atoms with Crippen LogP contribution in [0.5, 0.6) is 0 Å². The van der Waals surface area contributed by atoms with Crippen molar-refractivity contribution in [1.82, 2.24) is 10.6 Å². The minimum atomic E-state index is -0.575. The summed E-state index contributed by atoms with van der Waals surface area (Å²) in [7, 11) is 0. The molecule has 2 aromatic rings. The summed E-state index contributed by atoms with van der Waals surface area (Å²) >= 11 is 0. The first kappa shape index (κ1) is 24.9. The summed E-state index contributed by atoms with van der Waals surface area (Å²) in [5.41, 5.74) is 3.37. The Morgan fingerprint density at radius 1 is 0.875 bits per heavy atom. The van der Waals surface area contributed by atoms with E-state index in [4.69, 9.17) is 4.74 Å². The zero-order valence-corrected chi connectivity index (χ0v) is 19.3. The Kier molecular flexibility index (Phi) is 9.25. The molecule has 2 rings (SSSR count). The van der Waals surface area contributed by atoms with Crippen LogP contribution in [-0.4, -0.2) is 30.1 Å². The molecule has 0 spiro atoms. The molecule has 0 saturated heterocycles. The number of alkyl carbamates (subject to hydrolysis) is 1. The van der Waals surface area contributed by atoms with Crippen molar-refractivity contribution in [2.24, 2.45) is 0 Å². The summed E-state index contributed by atoms with van der Waals surface area (Å²) in [6.07, 6.45) is 0.740. The van der Waals surface area contributed by atoms with E-state index in [1.807, 2.05) is 37.3 Å². The number of hydrogen-bond acceptors (Lipinski definition) is 4. The summed E-state index contributed by atoms with van der Waals surface area (Å²) in [5.74, 6) is -0.209. The van der Waals surface area contributed by atoms with Crippen LogP contribution in [0.15, 0.2) is 48.5 Å². The average Bonchev–Trinajstić information content (AvgIpc) is 2.70. The van der Waals surface area contributed by atoms with Gasteiger partial charge in [-0.1, -0.05) is 42.0 Å². The van der Waals surface area contributed by atoms with Crippen LogP contribution < -0.4 is 16.0 Å². The van der Waals surface area contributed by atoms with Gasteiger partial charge in [0.05, 0.1) is 0 Å². The summed E-state index contributed by atoms with van der Waals surface area (Å²) in [6, 6.07) is 15.4. The fourth-order valence-electron chi connectivity index (χ4n) is 2.94. The first-order valence-electron chi connectivity index (χ1n) is 10.8. The van der Waals surface area contributed by atoms with Crippen LogP contribution in [0.1, 0.15) is 50.3 Å². The molecule has 0 fully saturated rings. The highest BCUT2D eigenvalue weighted by Gasteiger charge is 2.15. The van der Waals surface area contributed by atoms with Gasteiger partial charge in [-0.3, -0.25) is 9.59 Å². The van der Waals surface area contributed by atoms with Gasteiger partial charge in [-0.2, -0.15) is 0 Å². The smallest absolute Gasteiger partial charge is 0.407 e. The van der Waals surface area contributed by atoms with Crippen molar-refractivity contribution >= 4 is 23.6 Å². The number of rotatable bonds is 9. The fraction of sp³-hybridized carbons (Fsp3) is 0.400. The normalized spacial score (nSPS) is 10.9. The van der Waals surface area contributed by atoms with Crippen molar-refractivity contribution < 1.29 is 19.1 Å². The van der Waals surface area contributed by atoms with Gasteiger partial charge < -0.3 is 20.7 Å². The molecule has 0 atom stereocenters. The van der Waals surface area contributed by atoms with E-state index in [1.165, 1.54) is 5.56 Å². The second-order valence-electron chi connectivity index (χ2n) is 8.69. The Hall–Kier alpha value is -3.35. The van der Waals surface area contributed by atoms with E-state index in [1.54, 1.807) is 32.9 Å². The Morgan fingerprint density at radius 3 is 2.25 bits per heavy atom. The lowest BCUT2D eigenvalue weighted by Gasteiger charge is -2.19. The van der Waals surface area contributed by atoms with Crippen LogP contribution in [0, 0.1) is 6.92 Å². The Morgan fingerprint density at radius 2 is 1.59 bits per heavy atom. The second-order valence-corrected chi connectivity index (χ2v) is 8.69. The van der Waals surface area contributed by atoms with E-state index in [9.17, 15) is 14.4 Å². The molecule has 2 aromatic carbocycles. The van der Waals surface area contributed by atoms with Gasteiger partial charge in [0.15, 0.2) is 0 Å². The molecule has 0 heterocycles. The molecule has 0 aliphatic carbocycles. The van der Waals surface area contributed by atoms with Gasteiger partial charge in [-0.05, 0) is 57.4 Å². The Labute approximate surface area is 189 Å². The van der Waals surface area contributed by atoms with E-state index in [0.717, 1.165) is 11.1 Å². The largest absolute Gasteiger partial charge is 0.444 e. The molecule has 0 bridgehead atoms. The number of aryl methyl sites for hydroxylation is 2. The lowest BCUT2D eigenvalue weighted by Crippen LogP contribution is -2.34. The van der Waals surface area contributed by atoms with Gasteiger partial charge in [0.1, 0.15) is 5.60 Å². The summed E-state index contributed by atoms with van der Waals surface area (Å²) in [6.45, 7) is 7.99. The fourth-order valence-corrected chi connectivity index (χ4v) is 2.94. The molecular weight excluding hydrogens is 406 g/mol. The third kappa shape index (κ3) is 10.1. The van der Waals surface area contributed by atoms with E-state index in [0.29, 0.717) is 25.1 Å². The van der Waals surface area contributed by atoms with Crippen molar-refractivity contribution in [3.05, 3.63) is 65.2 Å². The summed E-state index contributed by atoms with van der Waals surface area (Å²) in [4.78, 5) is 35.7. The quantitative estimate of drug-likeness (QED) is 0.548. The third-order valence-electron chi connectivity index (χ3n) is 4.47. The highest BCUT2D eigenvalue weighted by molar-refractivity contribution is 5.91. The molecule has 7 heteroatoms. The molecule has 0 radical (unpaired) electrons. The van der Waals surface area contributed by atoms with Crippen LogP contribution >= 0.6 is 0 Å². The van der Waals surface area contributed by atoms with Crippen molar-refractivity contribution in [3.63, 3.8) is 0 Å². The first-order valence-corrected chi connectivity index (χ1v) is 10.8. The lowest BCUT2D eigenvalue weighted by atomic mass is 10.1. The number of carbonyl (C=O) groups excluding carboxylic acids is 3. The van der Waals surface area contributed by atoms with Gasteiger partial charge in [0.2, 0.25) is 11.8 Å². The number of ether oxygens (including phenoxy) is 1. The number of benzene rings is 2. The molecule has 0 aliphatic heterocycles. The van der Waals surface area contributed by atoms with E-state index >= 15 is 0 Å². The monoisotopic (exact) mass is 439 g/mol. The van der Waals surface area contributed by atoms with Crippen LogP contribution in [0.25, 0.3) is 0 Å². The zero-order chi connectivity index (χ0) is 23.6. The third-order valence-corrected chi connectivity index (χ3v) is 4.47. The SMILES string of the molecule is Cc1cccc(CCC(=O)NCc2ccc(NC(=O)CCNC(=O)OC(C)(C)C)cc2)c1. The van der Waals surface area contributed by atoms with Crippen molar-refractivity contribution in [1.29, 1.82) is 0 Å². The number of carbonyl (C=O) groups is 3. The van der Waals surface area contributed by atoms with Crippen LogP contribution in [0.3, 0.4) is 0 Å². The minimum absolute atomic E-state index is 0.00127. The summed E-state index contributed by atoms with van der Waals surface area (Å²) in [5, 5.41) is 8.25. The van der Waals surface area contributed by atoms with Crippen LogP contribution in [-0.2, 0) is 27.3 Å². The molecule has 0 aliphatic rings. The minimum Gasteiger partial charge on any atom is -0.444 e. The number of hydrogen-bond donors (Lipinski definition) is 3. The number of nitrogens with one attached hydrogen (secondary N) is 3. The topological polar surface area (TPSA) is 96.5 Å². The van der Waals surface area contributed by atoms with Gasteiger partial charge >= 0.3 is 6.09 Å². The molecule has 7 nitrogen and oxygen atoms in total. The van der Waals surface area contributed by atoms with E-state index in [2.05, 4.69) is 22.0 Å². The molecule has 32 heavy (non-hydrogen) atoms. The van der Waals surface area contributed by atoms with Crippen molar-refractivity contribution in [2.45, 2.75) is 59.1 Å². The average molecular weight is 440 g/mol. The standard InChI is InChI=1S/C25H33N3O4/c1-18-6-5-7-19(16-18)10-13-22(29)27-17-20-8-11-21(12-9-20)28-23(30)14-15-26-24(31)32-25(2,3)4/h5-9,11-12,16H,10,13-15,17H2,1-4H3,(H,26,31)(H,27,29)(H,28,30). The number of anilines is 1. The van der Waals surface area contributed by atoms with Crippen molar-refractivity contribution in [2.75, 3.05) is 11.9 Å². The van der Waals surface area contributed by atoms with E-state index < -0.39 is 11.7 Å². The maximum atomic E-state index is 12.1. The predicted octanol–water partition coefficient (Wildman–Crippen LogP) is 4.10. The molecule has 0 aromatic heterocycles. The zero-order valence-electron chi connectivity index (χ0n) is 19.3. The maximum absolute atomic E-state index is 12.1. The summed E-state index contributed by atoms with van der Waals surface area (Å²) < 4.78 is 5.12. The highest BCUT2D eigenvalue weighted by Crippen LogP contribution is 2.11. The van der Waals surface area contributed by atoms with Gasteiger partial charge in [-0.15, -0.1) is 0 Å². The van der Waals surface area contributed by atoms with Crippen molar-refractivity contribution in [3.8, 4) is 0 Å². The number of amides is 3. The second kappa shape index (κ2) is 11.9. The van der Waals surface area contributed by atoms with E-state index in [-0.39, 0.29) is 24.8 Å². The Bertz CT molecular complexity index is 918. The molecule has 3 amide bonds. The van der Waals surface area contributed by atoms with Gasteiger partial charge in [-0.25, -0.2) is 4.79 Å². The molecule has 0 unspecified atom stereocenters. The molecule has 3 N–H and O–H groups in total. The van der Waals surface area contributed by atoms with Crippen LogP contribution in [0.4, 0.5) is 10.5 Å². The predicted molar refractivity (Wildman–Crippen MR) is 125 cm³/mol. The Balaban J connectivity index is 1.67. The van der Waals surface area contributed by atoms with Gasteiger partial charge in [0, 0.05) is 31.6 Å². The molecular formula is C25H33N3O4. The van der Waals surface area contributed by atoms with Gasteiger partial charge in [0.25, 0.3) is 0 Å². The lowest BCUT2D eigenvalue weighted by molar-refractivity contribution is -0.121. The van der Waals surface area contributed by atoms with Crippen LogP contribution in [0.2, 0.25) is 0 Å². The molecule has 172 valence electrons. The first-order chi connectivity index (χ1) is 15.1. The molecule has 0 saturated carbocycles. The maximum Gasteiger partial charge on any atom is 0.407 e.